The molecule has 0 bridgehead atoms. The number of hydrogen-bond acceptors (Lipinski definition) is 3. The van der Waals surface area contributed by atoms with Gasteiger partial charge in [0.25, 0.3) is 5.91 Å². The van der Waals surface area contributed by atoms with Crippen LogP contribution in [-0.4, -0.2) is 24.9 Å². The quantitative estimate of drug-likeness (QED) is 0.493. The highest BCUT2D eigenvalue weighted by molar-refractivity contribution is 8.04. The molecule has 0 spiro atoms. The summed E-state index contributed by atoms with van der Waals surface area (Å²) in [5, 5.41) is 2.94. The largest absolute Gasteiger partial charge is 0.354 e. The third kappa shape index (κ3) is 5.25. The van der Waals surface area contributed by atoms with E-state index in [1.807, 2.05) is 24.3 Å². The number of anilines is 1. The van der Waals surface area contributed by atoms with E-state index in [-0.39, 0.29) is 24.2 Å². The summed E-state index contributed by atoms with van der Waals surface area (Å²) in [6.45, 7) is 0.505. The maximum atomic E-state index is 14.1. The number of nitrogens with one attached hydrogen (secondary N) is 1. The Morgan fingerprint density at radius 3 is 2.74 bits per heavy atom. The van der Waals surface area contributed by atoms with E-state index in [9.17, 15) is 14.0 Å². The van der Waals surface area contributed by atoms with Crippen LogP contribution in [0.2, 0.25) is 0 Å². The van der Waals surface area contributed by atoms with Gasteiger partial charge in [0.05, 0.1) is 10.6 Å². The predicted octanol–water partition coefficient (Wildman–Crippen LogP) is 5.31. The van der Waals surface area contributed by atoms with E-state index in [0.717, 1.165) is 24.2 Å². The third-order valence-corrected chi connectivity index (χ3v) is 6.56. The van der Waals surface area contributed by atoms with Crippen molar-refractivity contribution < 1.29 is 14.0 Å². The zero-order valence-corrected chi connectivity index (χ0v) is 18.1. The fourth-order valence-corrected chi connectivity index (χ4v) is 4.90. The number of allylic oxidation sites excluding steroid dienone is 1. The molecule has 0 saturated carbocycles. The molecule has 0 atom stereocenters. The summed E-state index contributed by atoms with van der Waals surface area (Å²) in [5.74, 6) is -0.877. The number of halogens is 1. The third-order valence-electron chi connectivity index (χ3n) is 5.48. The summed E-state index contributed by atoms with van der Waals surface area (Å²) < 4.78 is 14.1. The number of carbonyl (C=O) groups is 2. The highest BCUT2D eigenvalue weighted by atomic mass is 32.2. The highest BCUT2D eigenvalue weighted by Crippen LogP contribution is 2.42. The van der Waals surface area contributed by atoms with E-state index in [0.29, 0.717) is 22.7 Å². The number of hydrogen-bond donors (Lipinski definition) is 1. The smallest absolute Gasteiger partial charge is 0.265 e. The van der Waals surface area contributed by atoms with Gasteiger partial charge in [0.15, 0.2) is 0 Å². The molecule has 6 heteroatoms. The monoisotopic (exact) mass is 436 g/mol. The van der Waals surface area contributed by atoms with E-state index in [4.69, 9.17) is 0 Å². The van der Waals surface area contributed by atoms with Crippen LogP contribution in [0.25, 0.3) is 6.08 Å². The average molecular weight is 437 g/mol. The van der Waals surface area contributed by atoms with Gasteiger partial charge in [0.1, 0.15) is 12.4 Å². The van der Waals surface area contributed by atoms with Crippen LogP contribution in [0.15, 0.2) is 70.0 Å². The van der Waals surface area contributed by atoms with Gasteiger partial charge >= 0.3 is 0 Å². The lowest BCUT2D eigenvalue weighted by Gasteiger charge is -2.29. The molecule has 1 aliphatic carbocycles. The Morgan fingerprint density at radius 1 is 1.13 bits per heavy atom. The van der Waals surface area contributed by atoms with Crippen molar-refractivity contribution in [2.24, 2.45) is 0 Å². The van der Waals surface area contributed by atoms with Gasteiger partial charge in [-0.2, -0.15) is 0 Å². The Kier molecular flexibility index (Phi) is 6.87. The maximum absolute atomic E-state index is 14.1. The number of amides is 2. The Morgan fingerprint density at radius 2 is 1.94 bits per heavy atom. The summed E-state index contributed by atoms with van der Waals surface area (Å²) in [6, 6.07) is 13.8. The van der Waals surface area contributed by atoms with Gasteiger partial charge in [0.2, 0.25) is 5.91 Å². The SMILES string of the molecule is O=C(CN1C(=O)C(=Cc2ccccc2F)Sc2ccccc21)NCCC1=CCCCC1. The van der Waals surface area contributed by atoms with Crippen LogP contribution in [-0.2, 0) is 9.59 Å². The van der Waals surface area contributed by atoms with Crippen molar-refractivity contribution in [1.82, 2.24) is 5.32 Å². The van der Waals surface area contributed by atoms with Gasteiger partial charge in [-0.3, -0.25) is 14.5 Å². The van der Waals surface area contributed by atoms with Crippen LogP contribution in [0.3, 0.4) is 0 Å². The van der Waals surface area contributed by atoms with Crippen LogP contribution >= 0.6 is 11.8 Å². The average Bonchev–Trinajstić information content (AvgIpc) is 2.79. The number of para-hydroxylation sites is 1. The first kappa shape index (κ1) is 21.4. The van der Waals surface area contributed by atoms with Crippen LogP contribution in [0, 0.1) is 5.82 Å². The van der Waals surface area contributed by atoms with Crippen molar-refractivity contribution in [3.63, 3.8) is 0 Å². The zero-order valence-electron chi connectivity index (χ0n) is 17.3. The molecule has 160 valence electrons. The molecular weight excluding hydrogens is 411 g/mol. The Hall–Kier alpha value is -2.86. The number of thioether (sulfide) groups is 1. The van der Waals surface area contributed by atoms with Crippen LogP contribution in [0.4, 0.5) is 10.1 Å². The van der Waals surface area contributed by atoms with Crippen molar-refractivity contribution in [1.29, 1.82) is 0 Å². The summed E-state index contributed by atoms with van der Waals surface area (Å²) in [6.07, 6.45) is 9.37. The van der Waals surface area contributed by atoms with Crippen LogP contribution in [0.1, 0.15) is 37.7 Å². The van der Waals surface area contributed by atoms with E-state index >= 15 is 0 Å². The first-order valence-corrected chi connectivity index (χ1v) is 11.4. The summed E-state index contributed by atoms with van der Waals surface area (Å²) in [5.41, 5.74) is 2.45. The van der Waals surface area contributed by atoms with Gasteiger partial charge in [-0.25, -0.2) is 4.39 Å². The minimum atomic E-state index is -0.386. The fraction of sp³-hybridized carbons (Fsp3) is 0.280. The topological polar surface area (TPSA) is 49.4 Å². The van der Waals surface area contributed by atoms with Crippen molar-refractivity contribution in [2.45, 2.75) is 37.0 Å². The molecule has 4 nitrogen and oxygen atoms in total. The summed E-state index contributed by atoms with van der Waals surface area (Å²) in [7, 11) is 0. The lowest BCUT2D eigenvalue weighted by Crippen LogP contribution is -2.43. The minimum Gasteiger partial charge on any atom is -0.354 e. The molecule has 0 unspecified atom stereocenters. The first-order valence-electron chi connectivity index (χ1n) is 10.6. The molecule has 2 aromatic rings. The molecular formula is C25H25FN2O2S. The Balaban J connectivity index is 1.49. The highest BCUT2D eigenvalue weighted by Gasteiger charge is 2.30. The van der Waals surface area contributed by atoms with E-state index in [1.165, 1.54) is 41.1 Å². The number of carbonyl (C=O) groups excluding carboxylic acids is 2. The molecule has 31 heavy (non-hydrogen) atoms. The maximum Gasteiger partial charge on any atom is 0.265 e. The van der Waals surface area contributed by atoms with Gasteiger partial charge in [-0.1, -0.05) is 53.7 Å². The van der Waals surface area contributed by atoms with Crippen molar-refractivity contribution in [3.05, 3.63) is 76.5 Å². The second kappa shape index (κ2) is 9.96. The standard InChI is InChI=1S/C25H25FN2O2S/c26-20-11-5-4-10-19(20)16-23-25(30)28(21-12-6-7-13-22(21)31-23)17-24(29)27-15-14-18-8-2-1-3-9-18/h4-8,10-13,16H,1-3,9,14-15,17H2,(H,27,29). The number of fused-ring (bicyclic) bond motifs is 1. The van der Waals surface area contributed by atoms with E-state index < -0.39 is 0 Å². The molecule has 1 aliphatic heterocycles. The summed E-state index contributed by atoms with van der Waals surface area (Å²) >= 11 is 1.30. The molecule has 1 heterocycles. The van der Waals surface area contributed by atoms with Gasteiger partial charge in [0, 0.05) is 17.0 Å². The molecule has 0 fully saturated rings. The lowest BCUT2D eigenvalue weighted by atomic mass is 9.97. The van der Waals surface area contributed by atoms with E-state index in [2.05, 4.69) is 11.4 Å². The molecule has 0 aromatic heterocycles. The molecule has 2 aliphatic rings. The van der Waals surface area contributed by atoms with Gasteiger partial charge in [-0.05, 0) is 56.4 Å². The molecule has 4 rings (SSSR count). The molecule has 2 amide bonds. The van der Waals surface area contributed by atoms with Crippen molar-refractivity contribution in [3.8, 4) is 0 Å². The number of benzene rings is 2. The molecule has 2 aromatic carbocycles. The molecule has 0 radical (unpaired) electrons. The van der Waals surface area contributed by atoms with Crippen LogP contribution in [0.5, 0.6) is 0 Å². The van der Waals surface area contributed by atoms with Crippen LogP contribution < -0.4 is 10.2 Å². The normalized spacial score (nSPS) is 17.3. The second-order valence-electron chi connectivity index (χ2n) is 7.70. The second-order valence-corrected chi connectivity index (χ2v) is 8.78. The zero-order chi connectivity index (χ0) is 21.6. The minimum absolute atomic E-state index is 0.0654. The first-order chi connectivity index (χ1) is 15.1. The van der Waals surface area contributed by atoms with Crippen molar-refractivity contribution >= 4 is 35.3 Å². The predicted molar refractivity (Wildman–Crippen MR) is 123 cm³/mol. The number of nitrogens with zero attached hydrogens (tertiary/aromatic N) is 1. The number of rotatable bonds is 6. The lowest BCUT2D eigenvalue weighted by molar-refractivity contribution is -0.122. The Bertz CT molecular complexity index is 1050. The molecule has 0 saturated heterocycles. The van der Waals surface area contributed by atoms with Gasteiger partial charge in [-0.15, -0.1) is 0 Å². The summed E-state index contributed by atoms with van der Waals surface area (Å²) in [4.78, 5) is 28.5. The van der Waals surface area contributed by atoms with E-state index in [1.54, 1.807) is 24.3 Å². The fourth-order valence-electron chi connectivity index (χ4n) is 3.85. The molecule has 1 N–H and O–H groups in total. The van der Waals surface area contributed by atoms with Crippen molar-refractivity contribution in [2.75, 3.05) is 18.0 Å². The van der Waals surface area contributed by atoms with Gasteiger partial charge < -0.3 is 5.32 Å². The Labute approximate surface area is 186 Å².